The van der Waals surface area contributed by atoms with Crippen LogP contribution >= 0.6 is 0 Å². The van der Waals surface area contributed by atoms with Crippen LogP contribution in [0.4, 0.5) is 13.2 Å². The van der Waals surface area contributed by atoms with Crippen LogP contribution in [-0.4, -0.2) is 42.7 Å². The summed E-state index contributed by atoms with van der Waals surface area (Å²) in [5, 5.41) is 0. The van der Waals surface area contributed by atoms with Gasteiger partial charge in [-0.25, -0.2) is 8.42 Å². The summed E-state index contributed by atoms with van der Waals surface area (Å²) in [6.07, 6.45) is -1.64. The summed E-state index contributed by atoms with van der Waals surface area (Å²) in [7, 11) is -3.06. The number of aryl methyl sites for hydroxylation is 1. The van der Waals surface area contributed by atoms with Crippen LogP contribution in [0.3, 0.4) is 0 Å². The topological polar surface area (TPSA) is 73.3 Å². The molecule has 0 radical (unpaired) electrons. The molecule has 0 spiro atoms. The van der Waals surface area contributed by atoms with Crippen LogP contribution in [-0.2, 0) is 38.6 Å². The Bertz CT molecular complexity index is 803. The molecule has 0 aliphatic heterocycles. The lowest BCUT2D eigenvalue weighted by Gasteiger charge is -2.27. The second kappa shape index (κ2) is 7.77. The Balaban J connectivity index is 2.02. The molecule has 0 bridgehead atoms. The van der Waals surface area contributed by atoms with Crippen molar-refractivity contribution in [2.45, 2.75) is 58.2 Å². The second-order valence-electron chi connectivity index (χ2n) is 7.42. The van der Waals surface area contributed by atoms with Crippen molar-refractivity contribution in [2.75, 3.05) is 11.5 Å². The van der Waals surface area contributed by atoms with Crippen molar-refractivity contribution in [3.05, 3.63) is 29.1 Å². The molecule has 0 unspecified atom stereocenters. The third-order valence-electron chi connectivity index (χ3n) is 4.75. The van der Waals surface area contributed by atoms with Crippen LogP contribution in [0.2, 0.25) is 0 Å². The number of halogens is 3. The van der Waals surface area contributed by atoms with Crippen molar-refractivity contribution in [3.63, 3.8) is 0 Å². The number of carbonyl (C=O) groups is 1. The fourth-order valence-electron chi connectivity index (χ4n) is 2.98. The van der Waals surface area contributed by atoms with E-state index in [0.29, 0.717) is 24.8 Å². The highest BCUT2D eigenvalue weighted by atomic mass is 32.2. The van der Waals surface area contributed by atoms with E-state index in [0.717, 1.165) is 25.1 Å². The average molecular weight is 407 g/mol. The van der Waals surface area contributed by atoms with Gasteiger partial charge in [0.05, 0.1) is 12.2 Å². The van der Waals surface area contributed by atoms with Crippen LogP contribution in [0.5, 0.6) is 0 Å². The quantitative estimate of drug-likeness (QED) is 0.678. The summed E-state index contributed by atoms with van der Waals surface area (Å²) < 4.78 is 66.6. The van der Waals surface area contributed by atoms with Gasteiger partial charge >= 0.3 is 12.1 Å². The molecule has 9 heteroatoms. The van der Waals surface area contributed by atoms with Gasteiger partial charge in [0.15, 0.2) is 0 Å². The first-order chi connectivity index (χ1) is 12.3. The van der Waals surface area contributed by atoms with E-state index in [1.165, 1.54) is 6.20 Å². The van der Waals surface area contributed by atoms with E-state index in [4.69, 9.17) is 0 Å². The Morgan fingerprint density at radius 1 is 1.33 bits per heavy atom. The van der Waals surface area contributed by atoms with Crippen LogP contribution in [0.15, 0.2) is 12.3 Å². The van der Waals surface area contributed by atoms with Crippen molar-refractivity contribution >= 4 is 15.8 Å². The third kappa shape index (κ3) is 5.67. The lowest BCUT2D eigenvalue weighted by molar-refractivity contribution is -0.257. The highest BCUT2D eigenvalue weighted by Crippen LogP contribution is 2.33. The monoisotopic (exact) mass is 407 g/mol. The maximum Gasteiger partial charge on any atom is 0.427 e. The predicted molar refractivity (Wildman–Crippen MR) is 94.0 cm³/mol. The Morgan fingerprint density at radius 2 is 2.00 bits per heavy atom. The van der Waals surface area contributed by atoms with E-state index in [1.807, 2.05) is 0 Å². The van der Waals surface area contributed by atoms with Crippen molar-refractivity contribution in [3.8, 4) is 0 Å². The molecular weight excluding hydrogens is 383 g/mol. The van der Waals surface area contributed by atoms with Crippen LogP contribution < -0.4 is 0 Å². The smallest absolute Gasteiger partial charge is 0.427 e. The lowest BCUT2D eigenvalue weighted by atomic mass is 9.87. The standard InChI is InChI=1S/C18H24F3NO4S/c1-4-27(24,25)11-12-5-6-14-7-13(10-22-15(14)8-12)9-16(23)26-17(2,3)18(19,20)21/h7,10,12H,4-6,8-9,11H2,1-3H3/t12-/m1/s1. The van der Waals surface area contributed by atoms with E-state index >= 15 is 0 Å². The number of sulfone groups is 1. The summed E-state index contributed by atoms with van der Waals surface area (Å²) in [4.78, 5) is 16.2. The number of carbonyl (C=O) groups excluding carboxylic acids is 1. The van der Waals surface area contributed by atoms with Gasteiger partial charge in [-0.3, -0.25) is 9.78 Å². The minimum atomic E-state index is -4.65. The molecule has 0 fully saturated rings. The number of rotatable bonds is 6. The van der Waals surface area contributed by atoms with Gasteiger partial charge in [0.2, 0.25) is 5.60 Å². The summed E-state index contributed by atoms with van der Waals surface area (Å²) >= 11 is 0. The molecule has 1 atom stereocenters. The number of esters is 1. The zero-order valence-electron chi connectivity index (χ0n) is 15.6. The highest BCUT2D eigenvalue weighted by molar-refractivity contribution is 7.91. The number of fused-ring (bicyclic) bond motifs is 1. The third-order valence-corrected chi connectivity index (χ3v) is 6.61. The SMILES string of the molecule is CCS(=O)(=O)C[C@@H]1CCc2cc(CC(=O)OC(C)(C)C(F)(F)F)cnc2C1. The van der Waals surface area contributed by atoms with Gasteiger partial charge in [0.1, 0.15) is 9.84 Å². The molecule has 1 aromatic rings. The molecule has 0 saturated heterocycles. The van der Waals surface area contributed by atoms with E-state index in [9.17, 15) is 26.4 Å². The summed E-state index contributed by atoms with van der Waals surface area (Å²) in [5.74, 6) is -0.718. The fraction of sp³-hybridized carbons (Fsp3) is 0.667. The van der Waals surface area contributed by atoms with E-state index in [1.54, 1.807) is 13.0 Å². The van der Waals surface area contributed by atoms with Crippen LogP contribution in [0.25, 0.3) is 0 Å². The summed E-state index contributed by atoms with van der Waals surface area (Å²) in [6.45, 7) is 3.23. The van der Waals surface area contributed by atoms with Gasteiger partial charge in [-0.1, -0.05) is 13.0 Å². The molecule has 1 aliphatic rings. The molecule has 1 aromatic heterocycles. The number of hydrogen-bond donors (Lipinski definition) is 0. The number of nitrogens with zero attached hydrogens (tertiary/aromatic N) is 1. The Kier molecular flexibility index (Phi) is 6.23. The minimum absolute atomic E-state index is 0.0124. The molecule has 0 saturated carbocycles. The normalized spacial score (nSPS) is 18.1. The Morgan fingerprint density at radius 3 is 2.59 bits per heavy atom. The van der Waals surface area contributed by atoms with Crippen molar-refractivity contribution in [1.29, 1.82) is 0 Å². The van der Waals surface area contributed by atoms with Crippen molar-refractivity contribution in [1.82, 2.24) is 4.98 Å². The van der Waals surface area contributed by atoms with Crippen molar-refractivity contribution < 1.29 is 31.1 Å². The largest absolute Gasteiger partial charge is 0.450 e. The maximum absolute atomic E-state index is 12.8. The minimum Gasteiger partial charge on any atom is -0.450 e. The van der Waals surface area contributed by atoms with E-state index in [-0.39, 0.29) is 23.8 Å². The first-order valence-electron chi connectivity index (χ1n) is 8.78. The van der Waals surface area contributed by atoms with Gasteiger partial charge in [0.25, 0.3) is 0 Å². The van der Waals surface area contributed by atoms with Gasteiger partial charge in [0, 0.05) is 17.6 Å². The number of pyridine rings is 1. The first kappa shape index (κ1) is 21.7. The van der Waals surface area contributed by atoms with Crippen LogP contribution in [0.1, 0.15) is 44.0 Å². The first-order valence-corrected chi connectivity index (χ1v) is 10.6. The number of ether oxygens (including phenoxy) is 1. The molecule has 0 N–H and O–H groups in total. The molecule has 27 heavy (non-hydrogen) atoms. The molecular formula is C18H24F3NO4S. The second-order valence-corrected chi connectivity index (χ2v) is 9.81. The Hall–Kier alpha value is -1.64. The van der Waals surface area contributed by atoms with E-state index in [2.05, 4.69) is 9.72 Å². The zero-order chi connectivity index (χ0) is 20.5. The molecule has 152 valence electrons. The number of hydrogen-bond acceptors (Lipinski definition) is 5. The van der Waals surface area contributed by atoms with E-state index < -0.39 is 27.6 Å². The molecule has 0 aromatic carbocycles. The lowest BCUT2D eigenvalue weighted by Crippen LogP contribution is -2.43. The number of alkyl halides is 3. The highest BCUT2D eigenvalue weighted by Gasteiger charge is 2.50. The molecule has 1 aliphatic carbocycles. The molecule has 2 rings (SSSR count). The fourth-order valence-corrected chi connectivity index (χ4v) is 4.22. The Labute approximate surface area is 157 Å². The van der Waals surface area contributed by atoms with Crippen molar-refractivity contribution in [2.24, 2.45) is 5.92 Å². The average Bonchev–Trinajstić information content (AvgIpc) is 2.53. The predicted octanol–water partition coefficient (Wildman–Crippen LogP) is 3.05. The van der Waals surface area contributed by atoms with Gasteiger partial charge < -0.3 is 4.74 Å². The molecule has 5 nitrogen and oxygen atoms in total. The van der Waals surface area contributed by atoms with Gasteiger partial charge in [-0.2, -0.15) is 13.2 Å². The van der Waals surface area contributed by atoms with Crippen LogP contribution in [0, 0.1) is 5.92 Å². The summed E-state index contributed by atoms with van der Waals surface area (Å²) in [5.41, 5.74) is -0.383. The molecule has 1 heterocycles. The molecule has 0 amide bonds. The summed E-state index contributed by atoms with van der Waals surface area (Å²) in [6, 6.07) is 1.74. The zero-order valence-corrected chi connectivity index (χ0v) is 16.4. The van der Waals surface area contributed by atoms with Gasteiger partial charge in [-0.05, 0) is 50.2 Å². The van der Waals surface area contributed by atoms with Gasteiger partial charge in [-0.15, -0.1) is 0 Å². The maximum atomic E-state index is 12.8. The number of aromatic nitrogens is 1.